The molecule has 1 saturated heterocycles. The van der Waals surface area contributed by atoms with E-state index in [-0.39, 0.29) is 5.11 Å². The van der Waals surface area contributed by atoms with Crippen molar-refractivity contribution >= 4 is 34.6 Å². The van der Waals surface area contributed by atoms with E-state index in [4.69, 9.17) is 12.2 Å². The molecule has 0 saturated carbocycles. The van der Waals surface area contributed by atoms with Crippen LogP contribution >= 0.6 is 12.2 Å². The quantitative estimate of drug-likeness (QED) is 0.396. The van der Waals surface area contributed by atoms with Crippen molar-refractivity contribution in [3.63, 3.8) is 0 Å². The van der Waals surface area contributed by atoms with E-state index in [1.54, 1.807) is 12.1 Å². The first-order chi connectivity index (χ1) is 14.7. The molecule has 166 valence electrons. The van der Waals surface area contributed by atoms with Crippen molar-refractivity contribution in [2.75, 3.05) is 23.9 Å². The van der Waals surface area contributed by atoms with Crippen LogP contribution < -0.4 is 20.3 Å². The zero-order valence-corrected chi connectivity index (χ0v) is 17.7. The topological polar surface area (TPSA) is 53.6 Å². The zero-order valence-electron chi connectivity index (χ0n) is 16.9. The third kappa shape index (κ3) is 4.73. The molecule has 1 fully saturated rings. The number of anilines is 2. The summed E-state index contributed by atoms with van der Waals surface area (Å²) in [7, 11) is 0.844. The van der Waals surface area contributed by atoms with Crippen molar-refractivity contribution in [1.29, 1.82) is 0 Å². The van der Waals surface area contributed by atoms with Crippen LogP contribution in [0.1, 0.15) is 36.5 Å². The van der Waals surface area contributed by atoms with Crippen LogP contribution in [-0.4, -0.2) is 30.7 Å². The Hall–Kier alpha value is -2.88. The Labute approximate surface area is 182 Å². The lowest BCUT2D eigenvalue weighted by atomic mass is 10.0. The Morgan fingerprint density at radius 3 is 2.23 bits per heavy atom. The average molecular weight is 455 g/mol. The highest BCUT2D eigenvalue weighted by Gasteiger charge is 2.30. The van der Waals surface area contributed by atoms with Gasteiger partial charge in [0.05, 0.1) is 7.11 Å². The SMILES string of the molecule is COc1c(F)c(F)c(C(=O)NC(=S)Nc2ccc(N3CCCC[C@H]3C)cc2)c(F)c1F. The van der Waals surface area contributed by atoms with Crippen LogP contribution in [0.3, 0.4) is 0 Å². The van der Waals surface area contributed by atoms with Gasteiger partial charge in [-0.1, -0.05) is 0 Å². The largest absolute Gasteiger partial charge is 0.491 e. The number of carbonyl (C=O) groups excluding carboxylic acids is 1. The van der Waals surface area contributed by atoms with Gasteiger partial charge in [0, 0.05) is 24.0 Å². The summed E-state index contributed by atoms with van der Waals surface area (Å²) in [5.41, 5.74) is 0.127. The molecule has 3 rings (SSSR count). The summed E-state index contributed by atoms with van der Waals surface area (Å²) in [6, 6.07) is 7.69. The Morgan fingerprint density at radius 2 is 1.68 bits per heavy atom. The summed E-state index contributed by atoms with van der Waals surface area (Å²) < 4.78 is 60.1. The maximum absolute atomic E-state index is 14.1. The van der Waals surface area contributed by atoms with Crippen molar-refractivity contribution in [2.45, 2.75) is 32.2 Å². The highest BCUT2D eigenvalue weighted by Crippen LogP contribution is 2.30. The molecule has 1 aliphatic heterocycles. The minimum absolute atomic E-state index is 0.292. The molecule has 0 unspecified atom stereocenters. The van der Waals surface area contributed by atoms with Gasteiger partial charge in [-0.3, -0.25) is 10.1 Å². The number of hydrogen-bond acceptors (Lipinski definition) is 4. The highest BCUT2D eigenvalue weighted by molar-refractivity contribution is 7.80. The van der Waals surface area contributed by atoms with E-state index in [9.17, 15) is 22.4 Å². The van der Waals surface area contributed by atoms with E-state index in [0.29, 0.717) is 11.7 Å². The fourth-order valence-corrected chi connectivity index (χ4v) is 3.75. The van der Waals surface area contributed by atoms with Crippen molar-refractivity contribution in [2.24, 2.45) is 0 Å². The number of benzene rings is 2. The Bertz CT molecular complexity index is 972. The van der Waals surface area contributed by atoms with E-state index in [2.05, 4.69) is 21.9 Å². The van der Waals surface area contributed by atoms with Crippen LogP contribution in [0, 0.1) is 23.3 Å². The van der Waals surface area contributed by atoms with Gasteiger partial charge in [0.2, 0.25) is 11.6 Å². The minimum atomic E-state index is -1.88. The summed E-state index contributed by atoms with van der Waals surface area (Å²) in [6.45, 7) is 3.13. The summed E-state index contributed by atoms with van der Waals surface area (Å²) in [5, 5.41) is 4.43. The van der Waals surface area contributed by atoms with Gasteiger partial charge in [0.15, 0.2) is 22.5 Å². The predicted octanol–water partition coefficient (Wildman–Crippen LogP) is 4.76. The molecule has 5 nitrogen and oxygen atoms in total. The highest BCUT2D eigenvalue weighted by atomic mass is 32.1. The van der Waals surface area contributed by atoms with Gasteiger partial charge in [0.25, 0.3) is 5.91 Å². The smallest absolute Gasteiger partial charge is 0.263 e. The number of halogens is 4. The first-order valence-electron chi connectivity index (χ1n) is 9.63. The number of hydrogen-bond donors (Lipinski definition) is 2. The second kappa shape index (κ2) is 9.51. The maximum atomic E-state index is 14.1. The molecule has 0 aliphatic carbocycles. The zero-order chi connectivity index (χ0) is 22.7. The maximum Gasteiger partial charge on any atom is 0.263 e. The van der Waals surface area contributed by atoms with Gasteiger partial charge >= 0.3 is 0 Å². The molecule has 31 heavy (non-hydrogen) atoms. The molecule has 2 aromatic rings. The second-order valence-corrected chi connectivity index (χ2v) is 7.57. The van der Waals surface area contributed by atoms with Crippen LogP contribution in [0.25, 0.3) is 0 Å². The Morgan fingerprint density at radius 1 is 1.06 bits per heavy atom. The van der Waals surface area contributed by atoms with Crippen LogP contribution in [0.15, 0.2) is 24.3 Å². The van der Waals surface area contributed by atoms with Crippen molar-refractivity contribution < 1.29 is 27.1 Å². The van der Waals surface area contributed by atoms with Gasteiger partial charge in [-0.25, -0.2) is 8.78 Å². The van der Waals surface area contributed by atoms with Crippen LogP contribution in [0.5, 0.6) is 5.75 Å². The number of methoxy groups -OCH3 is 1. The van der Waals surface area contributed by atoms with Crippen LogP contribution in [-0.2, 0) is 0 Å². The molecule has 0 bridgehead atoms. The number of thiocarbonyl (C=S) groups is 1. The van der Waals surface area contributed by atoms with E-state index in [0.717, 1.165) is 32.2 Å². The van der Waals surface area contributed by atoms with E-state index >= 15 is 0 Å². The van der Waals surface area contributed by atoms with Crippen molar-refractivity contribution in [3.05, 3.63) is 53.1 Å². The summed E-state index contributed by atoms with van der Waals surface area (Å²) in [6.07, 6.45) is 3.45. The number of piperidine rings is 1. The first kappa shape index (κ1) is 22.8. The van der Waals surface area contributed by atoms with E-state index < -0.39 is 40.5 Å². The second-order valence-electron chi connectivity index (χ2n) is 7.16. The molecule has 0 aromatic heterocycles. The summed E-state index contributed by atoms with van der Waals surface area (Å²) in [4.78, 5) is 14.5. The molecular formula is C21H21F4N3O2S. The van der Waals surface area contributed by atoms with Gasteiger partial charge < -0.3 is 15.0 Å². The number of rotatable bonds is 4. The minimum Gasteiger partial charge on any atom is -0.491 e. The lowest BCUT2D eigenvalue weighted by Gasteiger charge is -2.35. The fraction of sp³-hybridized carbons (Fsp3) is 0.333. The first-order valence-corrected chi connectivity index (χ1v) is 10.0. The molecule has 1 amide bonds. The van der Waals surface area contributed by atoms with Gasteiger partial charge in [-0.15, -0.1) is 0 Å². The molecule has 0 radical (unpaired) electrons. The Kier molecular flexibility index (Phi) is 6.99. The molecule has 1 heterocycles. The van der Waals surface area contributed by atoms with Crippen LogP contribution in [0.4, 0.5) is 28.9 Å². The number of nitrogens with zero attached hydrogens (tertiary/aromatic N) is 1. The third-order valence-electron chi connectivity index (χ3n) is 5.14. The monoisotopic (exact) mass is 455 g/mol. The molecule has 10 heteroatoms. The molecule has 1 atom stereocenters. The Balaban J connectivity index is 1.69. The average Bonchev–Trinajstić information content (AvgIpc) is 2.74. The molecule has 0 spiro atoms. The normalized spacial score (nSPS) is 16.1. The molecule has 1 aliphatic rings. The van der Waals surface area contributed by atoms with Crippen molar-refractivity contribution in [3.8, 4) is 5.75 Å². The third-order valence-corrected chi connectivity index (χ3v) is 5.35. The van der Waals surface area contributed by atoms with Crippen LogP contribution in [0.2, 0.25) is 0 Å². The fourth-order valence-electron chi connectivity index (χ4n) is 3.54. The number of carbonyl (C=O) groups is 1. The van der Waals surface area contributed by atoms with Crippen molar-refractivity contribution in [1.82, 2.24) is 5.32 Å². The molecular weight excluding hydrogens is 434 g/mol. The summed E-state index contributed by atoms with van der Waals surface area (Å²) in [5.74, 6) is -10.1. The van der Waals surface area contributed by atoms with E-state index in [1.807, 2.05) is 17.4 Å². The lowest BCUT2D eigenvalue weighted by molar-refractivity contribution is 0.0966. The van der Waals surface area contributed by atoms with Gasteiger partial charge in [0.1, 0.15) is 5.56 Å². The predicted molar refractivity (Wildman–Crippen MR) is 114 cm³/mol. The van der Waals surface area contributed by atoms with Gasteiger partial charge in [-0.2, -0.15) is 8.78 Å². The number of nitrogens with one attached hydrogen (secondary N) is 2. The standard InChI is InChI=1S/C21H21F4N3O2S/c1-11-5-3-4-10-28(11)13-8-6-12(7-9-13)26-21(31)27-20(29)14-15(22)17(24)19(30-2)18(25)16(14)23/h6-9,11H,3-5,10H2,1-2H3,(H2,26,27,29,31)/t11-/m1/s1. The lowest BCUT2D eigenvalue weighted by Crippen LogP contribution is -2.37. The molecule has 2 aromatic carbocycles. The van der Waals surface area contributed by atoms with E-state index in [1.165, 1.54) is 6.42 Å². The summed E-state index contributed by atoms with van der Waals surface area (Å²) >= 11 is 4.98. The molecule has 2 N–H and O–H groups in total. The van der Waals surface area contributed by atoms with Gasteiger partial charge in [-0.05, 0) is 62.7 Å². The number of amides is 1. The number of ether oxygens (including phenoxy) is 1.